The van der Waals surface area contributed by atoms with E-state index in [0.29, 0.717) is 12.2 Å². The number of hydrogen-bond donors (Lipinski definition) is 0. The minimum absolute atomic E-state index is 0.0631. The van der Waals surface area contributed by atoms with Gasteiger partial charge in [0, 0.05) is 11.8 Å². The Balaban J connectivity index is 1.60. The molecule has 2 heteroatoms. The van der Waals surface area contributed by atoms with Crippen LogP contribution in [-0.2, 0) is 9.59 Å². The summed E-state index contributed by atoms with van der Waals surface area (Å²) in [4.78, 5) is 25.1. The molecule has 0 amide bonds. The van der Waals surface area contributed by atoms with Crippen LogP contribution in [0.5, 0.6) is 0 Å². The number of ketones is 2. The van der Waals surface area contributed by atoms with Crippen LogP contribution < -0.4 is 0 Å². The van der Waals surface area contributed by atoms with Crippen LogP contribution in [0.2, 0.25) is 0 Å². The summed E-state index contributed by atoms with van der Waals surface area (Å²) in [5.74, 6) is 2.81. The van der Waals surface area contributed by atoms with Crippen LogP contribution in [0.25, 0.3) is 0 Å². The Morgan fingerprint density at radius 1 is 0.947 bits per heavy atom. The van der Waals surface area contributed by atoms with Crippen LogP contribution in [0.1, 0.15) is 64.2 Å². The van der Waals surface area contributed by atoms with Crippen molar-refractivity contribution in [2.75, 3.05) is 0 Å². The quantitative estimate of drug-likeness (QED) is 0.712. The lowest BCUT2D eigenvalue weighted by Gasteiger charge is -2.56. The first-order valence-corrected chi connectivity index (χ1v) is 8.23. The molecular weight excluding hydrogens is 236 g/mol. The number of rotatable bonds is 2. The molecule has 5 fully saturated rings. The Morgan fingerprint density at radius 2 is 1.53 bits per heavy atom. The van der Waals surface area contributed by atoms with Crippen molar-refractivity contribution in [2.45, 2.75) is 64.2 Å². The third-order valence-corrected chi connectivity index (χ3v) is 6.43. The second kappa shape index (κ2) is 4.17. The molecule has 2 nitrogen and oxygen atoms in total. The largest absolute Gasteiger partial charge is 0.299 e. The summed E-state index contributed by atoms with van der Waals surface area (Å²) < 4.78 is 0. The topological polar surface area (TPSA) is 34.1 Å². The molecule has 104 valence electrons. The molecule has 0 aromatic carbocycles. The molecule has 1 unspecified atom stereocenters. The van der Waals surface area contributed by atoms with Crippen molar-refractivity contribution in [3.63, 3.8) is 0 Å². The average Bonchev–Trinajstić information content (AvgIpc) is 2.37. The van der Waals surface area contributed by atoms with Crippen molar-refractivity contribution in [3.05, 3.63) is 0 Å². The number of carbonyl (C=O) groups excluding carboxylic acids is 2. The second-order valence-corrected chi connectivity index (χ2v) is 7.83. The maximum Gasteiger partial charge on any atom is 0.149 e. The van der Waals surface area contributed by atoms with Gasteiger partial charge in [-0.25, -0.2) is 0 Å². The summed E-state index contributed by atoms with van der Waals surface area (Å²) in [6.45, 7) is 0. The van der Waals surface area contributed by atoms with E-state index >= 15 is 0 Å². The predicted molar refractivity (Wildman–Crippen MR) is 72.6 cm³/mol. The molecule has 1 atom stereocenters. The number of Topliss-reactive ketones (excluding diaryl/α,β-unsaturated/α-hetero) is 2. The van der Waals surface area contributed by atoms with Crippen LogP contribution in [0.15, 0.2) is 0 Å². The maximum atomic E-state index is 13.0. The maximum absolute atomic E-state index is 13.0. The van der Waals surface area contributed by atoms with Gasteiger partial charge in [0.15, 0.2) is 0 Å². The number of hydrogen-bond acceptors (Lipinski definition) is 2. The average molecular weight is 260 g/mol. The van der Waals surface area contributed by atoms with E-state index in [0.717, 1.165) is 56.3 Å². The number of carbonyl (C=O) groups is 2. The van der Waals surface area contributed by atoms with Crippen molar-refractivity contribution in [2.24, 2.45) is 29.1 Å². The van der Waals surface area contributed by atoms with Gasteiger partial charge in [-0.3, -0.25) is 9.59 Å². The lowest BCUT2D eigenvalue weighted by Crippen LogP contribution is -2.52. The third-order valence-electron chi connectivity index (χ3n) is 6.43. The van der Waals surface area contributed by atoms with Gasteiger partial charge in [-0.2, -0.15) is 0 Å². The molecule has 0 aromatic heterocycles. The van der Waals surface area contributed by atoms with E-state index in [1.54, 1.807) is 0 Å². The lowest BCUT2D eigenvalue weighted by molar-refractivity contribution is -0.152. The van der Waals surface area contributed by atoms with Crippen LogP contribution in [0.4, 0.5) is 0 Å². The fourth-order valence-corrected chi connectivity index (χ4v) is 6.04. The zero-order chi connectivity index (χ0) is 13.0. The molecule has 0 saturated heterocycles. The van der Waals surface area contributed by atoms with Crippen LogP contribution in [0.3, 0.4) is 0 Å². The van der Waals surface area contributed by atoms with Crippen molar-refractivity contribution < 1.29 is 9.59 Å². The molecule has 0 aromatic rings. The standard InChI is InChI=1S/C17H24O2/c18-15-4-2-1-3-14(15)16(19)17-8-11-5-12(9-17)7-13(6-11)10-17/h11-14H,1-10H2. The molecule has 0 heterocycles. The summed E-state index contributed by atoms with van der Waals surface area (Å²) >= 11 is 0. The lowest BCUT2D eigenvalue weighted by atomic mass is 9.47. The van der Waals surface area contributed by atoms with Gasteiger partial charge in [0.05, 0.1) is 5.92 Å². The van der Waals surface area contributed by atoms with E-state index in [4.69, 9.17) is 0 Å². The molecule has 5 aliphatic carbocycles. The zero-order valence-electron chi connectivity index (χ0n) is 11.7. The summed E-state index contributed by atoms with van der Waals surface area (Å²) in [6.07, 6.45) is 11.0. The third kappa shape index (κ3) is 1.82. The molecule has 4 bridgehead atoms. The zero-order valence-corrected chi connectivity index (χ0v) is 11.7. The molecule has 0 radical (unpaired) electrons. The van der Waals surface area contributed by atoms with Gasteiger partial charge in [0.1, 0.15) is 11.6 Å². The van der Waals surface area contributed by atoms with Crippen LogP contribution >= 0.6 is 0 Å². The van der Waals surface area contributed by atoms with Crippen LogP contribution in [-0.4, -0.2) is 11.6 Å². The molecule has 5 saturated carbocycles. The van der Waals surface area contributed by atoms with Gasteiger partial charge in [0.2, 0.25) is 0 Å². The highest BCUT2D eigenvalue weighted by atomic mass is 16.2. The Hall–Kier alpha value is -0.660. The van der Waals surface area contributed by atoms with Gasteiger partial charge in [-0.05, 0) is 69.1 Å². The molecule has 19 heavy (non-hydrogen) atoms. The van der Waals surface area contributed by atoms with Crippen LogP contribution in [0, 0.1) is 29.1 Å². The van der Waals surface area contributed by atoms with Gasteiger partial charge in [-0.15, -0.1) is 0 Å². The van der Waals surface area contributed by atoms with Gasteiger partial charge < -0.3 is 0 Å². The van der Waals surface area contributed by atoms with E-state index in [9.17, 15) is 9.59 Å². The monoisotopic (exact) mass is 260 g/mol. The Kier molecular flexibility index (Phi) is 2.65. The van der Waals surface area contributed by atoms with Gasteiger partial charge >= 0.3 is 0 Å². The minimum Gasteiger partial charge on any atom is -0.299 e. The van der Waals surface area contributed by atoms with Crippen molar-refractivity contribution in [1.82, 2.24) is 0 Å². The van der Waals surface area contributed by atoms with Crippen molar-refractivity contribution in [3.8, 4) is 0 Å². The smallest absolute Gasteiger partial charge is 0.149 e. The Labute approximate surface area is 115 Å². The molecule has 0 aliphatic heterocycles. The van der Waals surface area contributed by atoms with E-state index in [1.165, 1.54) is 19.3 Å². The minimum atomic E-state index is -0.218. The van der Waals surface area contributed by atoms with E-state index in [2.05, 4.69) is 0 Å². The highest BCUT2D eigenvalue weighted by Crippen LogP contribution is 2.61. The summed E-state index contributed by atoms with van der Waals surface area (Å²) in [5, 5.41) is 0. The van der Waals surface area contributed by atoms with E-state index < -0.39 is 0 Å². The predicted octanol–water partition coefficient (Wildman–Crippen LogP) is 3.53. The molecule has 0 N–H and O–H groups in total. The van der Waals surface area contributed by atoms with Crippen molar-refractivity contribution >= 4 is 11.6 Å². The highest BCUT2D eigenvalue weighted by Gasteiger charge is 2.56. The first-order chi connectivity index (χ1) is 9.16. The molecular formula is C17H24O2. The SMILES string of the molecule is O=C1CCCCC1C(=O)C12CC3CC(CC(C3)C1)C2. The van der Waals surface area contributed by atoms with E-state index in [1.807, 2.05) is 0 Å². The van der Waals surface area contributed by atoms with Gasteiger partial charge in [-0.1, -0.05) is 6.42 Å². The van der Waals surface area contributed by atoms with E-state index in [-0.39, 0.29) is 17.1 Å². The Morgan fingerprint density at radius 3 is 2.05 bits per heavy atom. The molecule has 5 rings (SSSR count). The Bertz CT molecular complexity index is 388. The summed E-state index contributed by atoms with van der Waals surface area (Å²) in [7, 11) is 0. The van der Waals surface area contributed by atoms with Crippen molar-refractivity contribution in [1.29, 1.82) is 0 Å². The molecule has 0 spiro atoms. The van der Waals surface area contributed by atoms with Gasteiger partial charge in [0.25, 0.3) is 0 Å². The second-order valence-electron chi connectivity index (χ2n) is 7.83. The summed E-state index contributed by atoms with van der Waals surface area (Å²) in [6, 6.07) is 0. The first-order valence-electron chi connectivity index (χ1n) is 8.23. The summed E-state index contributed by atoms with van der Waals surface area (Å²) in [5.41, 5.74) is -0.0631. The normalized spacial score (nSPS) is 48.5. The fraction of sp³-hybridized carbons (Fsp3) is 0.882. The highest BCUT2D eigenvalue weighted by molar-refractivity contribution is 6.05. The molecule has 5 aliphatic rings. The fourth-order valence-electron chi connectivity index (χ4n) is 6.04. The first kappa shape index (κ1) is 12.1.